The van der Waals surface area contributed by atoms with E-state index in [0.29, 0.717) is 22.3 Å². The van der Waals surface area contributed by atoms with Crippen LogP contribution in [0.25, 0.3) is 10.9 Å². The minimum Gasteiger partial charge on any atom is -0.482 e. The highest BCUT2D eigenvalue weighted by molar-refractivity contribution is 9.10. The fraction of sp³-hybridized carbons (Fsp3) is 0.192. The molecule has 4 rings (SSSR count). The van der Waals surface area contributed by atoms with E-state index < -0.39 is 4.92 Å². The van der Waals surface area contributed by atoms with Gasteiger partial charge in [0.15, 0.2) is 5.75 Å². The maximum Gasteiger partial charge on any atom is 0.311 e. The Balaban J connectivity index is 1.70. The highest BCUT2D eigenvalue weighted by atomic mass is 79.9. The third-order valence-electron chi connectivity index (χ3n) is 5.63. The van der Waals surface area contributed by atoms with Crippen molar-refractivity contribution in [3.63, 3.8) is 0 Å². The number of halogens is 1. The first kappa shape index (κ1) is 24.3. The third-order valence-corrected chi connectivity index (χ3v) is 6.12. The van der Waals surface area contributed by atoms with E-state index in [1.807, 2.05) is 50.2 Å². The van der Waals surface area contributed by atoms with Gasteiger partial charge in [-0.25, -0.2) is 4.98 Å². The zero-order valence-electron chi connectivity index (χ0n) is 19.2. The van der Waals surface area contributed by atoms with Gasteiger partial charge in [0.1, 0.15) is 12.4 Å². The summed E-state index contributed by atoms with van der Waals surface area (Å²) in [5, 5.41) is 16.5. The largest absolute Gasteiger partial charge is 0.482 e. The lowest BCUT2D eigenvalue weighted by molar-refractivity contribution is -0.385. The molecule has 3 aromatic carbocycles. The number of nitro groups is 1. The molecule has 9 heteroatoms. The first-order valence-electron chi connectivity index (χ1n) is 11.1. The summed E-state index contributed by atoms with van der Waals surface area (Å²) in [5.41, 5.74) is 1.47. The number of hydrogen-bond acceptors (Lipinski definition) is 6. The van der Waals surface area contributed by atoms with Crippen molar-refractivity contribution in [2.45, 2.75) is 32.8 Å². The molecular formula is C26H23BrN4O4. The Morgan fingerprint density at radius 3 is 2.66 bits per heavy atom. The van der Waals surface area contributed by atoms with E-state index in [0.717, 1.165) is 16.5 Å². The van der Waals surface area contributed by atoms with Crippen LogP contribution >= 0.6 is 15.9 Å². The molecule has 0 aliphatic rings. The molecule has 35 heavy (non-hydrogen) atoms. The molecule has 0 saturated carbocycles. The molecule has 0 aliphatic heterocycles. The number of nitrogens with zero attached hydrogens (tertiary/aromatic N) is 4. The maximum atomic E-state index is 13.3. The van der Waals surface area contributed by atoms with E-state index in [1.54, 1.807) is 18.2 Å². The summed E-state index contributed by atoms with van der Waals surface area (Å²) in [4.78, 5) is 29.1. The van der Waals surface area contributed by atoms with Crippen molar-refractivity contribution in [2.24, 2.45) is 5.10 Å². The van der Waals surface area contributed by atoms with E-state index in [2.05, 4.69) is 26.0 Å². The molecular weight excluding hydrogens is 512 g/mol. The molecule has 0 saturated heterocycles. The van der Waals surface area contributed by atoms with Gasteiger partial charge >= 0.3 is 5.69 Å². The van der Waals surface area contributed by atoms with Gasteiger partial charge in [-0.1, -0.05) is 60.1 Å². The Bertz CT molecular complexity index is 1470. The number of nitro benzene ring substituents is 1. The Labute approximate surface area is 210 Å². The number of benzene rings is 3. The smallest absolute Gasteiger partial charge is 0.311 e. The highest BCUT2D eigenvalue weighted by Gasteiger charge is 2.18. The number of fused-ring (bicyclic) bond motifs is 1. The lowest BCUT2D eigenvalue weighted by Crippen LogP contribution is -2.23. The number of rotatable bonds is 8. The molecule has 0 bridgehead atoms. The molecule has 178 valence electrons. The monoisotopic (exact) mass is 534 g/mol. The van der Waals surface area contributed by atoms with Crippen molar-refractivity contribution in [3.8, 4) is 5.75 Å². The van der Waals surface area contributed by atoms with E-state index >= 15 is 0 Å². The highest BCUT2D eigenvalue weighted by Crippen LogP contribution is 2.28. The van der Waals surface area contributed by atoms with Crippen LogP contribution in [0.4, 0.5) is 5.69 Å². The van der Waals surface area contributed by atoms with E-state index in [-0.39, 0.29) is 29.5 Å². The lowest BCUT2D eigenvalue weighted by atomic mass is 10.1. The normalized spacial score (nSPS) is 12.2. The van der Waals surface area contributed by atoms with Crippen molar-refractivity contribution < 1.29 is 9.66 Å². The summed E-state index contributed by atoms with van der Waals surface area (Å²) >= 11 is 3.39. The molecule has 8 nitrogen and oxygen atoms in total. The molecule has 0 N–H and O–H groups in total. The predicted molar refractivity (Wildman–Crippen MR) is 139 cm³/mol. The van der Waals surface area contributed by atoms with E-state index in [9.17, 15) is 14.9 Å². The molecule has 1 atom stereocenters. The van der Waals surface area contributed by atoms with Crippen LogP contribution in [0.5, 0.6) is 5.75 Å². The Morgan fingerprint density at radius 2 is 1.94 bits per heavy atom. The van der Waals surface area contributed by atoms with Gasteiger partial charge in [-0.3, -0.25) is 14.9 Å². The Morgan fingerprint density at radius 1 is 1.17 bits per heavy atom. The fourth-order valence-electron chi connectivity index (χ4n) is 3.52. The van der Waals surface area contributed by atoms with Crippen molar-refractivity contribution >= 4 is 38.7 Å². The van der Waals surface area contributed by atoms with E-state index in [1.165, 1.54) is 23.0 Å². The van der Waals surface area contributed by atoms with Crippen molar-refractivity contribution in [1.29, 1.82) is 0 Å². The summed E-state index contributed by atoms with van der Waals surface area (Å²) < 4.78 is 7.72. The van der Waals surface area contributed by atoms with Crippen LogP contribution in [0.15, 0.2) is 81.1 Å². The molecule has 0 fully saturated rings. The number of ether oxygens (including phenoxy) is 1. The lowest BCUT2D eigenvalue weighted by Gasteiger charge is -2.14. The maximum absolute atomic E-state index is 13.3. The standard InChI is InChI=1S/C26H23BrN4O4/c1-3-17(2)25-29-22-11-10-20(27)14-21(22)26(32)30(25)28-15-19-9-12-24(23(13-19)31(33)34)35-16-18-7-5-4-6-8-18/h4-15,17H,3,16H2,1-2H3/t17-/m1/s1. The summed E-state index contributed by atoms with van der Waals surface area (Å²) in [6, 6.07) is 19.3. The van der Waals surface area contributed by atoms with Gasteiger partial charge in [-0.15, -0.1) is 0 Å². The minimum absolute atomic E-state index is 0.0176. The van der Waals surface area contributed by atoms with Crippen molar-refractivity contribution in [2.75, 3.05) is 0 Å². The fourth-order valence-corrected chi connectivity index (χ4v) is 3.88. The second-order valence-corrected chi connectivity index (χ2v) is 8.98. The molecule has 0 radical (unpaired) electrons. The minimum atomic E-state index is -0.496. The summed E-state index contributed by atoms with van der Waals surface area (Å²) in [6.45, 7) is 4.19. The molecule has 0 amide bonds. The zero-order chi connectivity index (χ0) is 24.9. The van der Waals surface area contributed by atoms with Gasteiger partial charge in [0, 0.05) is 22.0 Å². The van der Waals surface area contributed by atoms with Crippen LogP contribution in [-0.4, -0.2) is 20.8 Å². The van der Waals surface area contributed by atoms with E-state index in [4.69, 9.17) is 4.74 Å². The van der Waals surface area contributed by atoms with Crippen LogP contribution in [-0.2, 0) is 6.61 Å². The molecule has 0 unspecified atom stereocenters. The second kappa shape index (κ2) is 10.6. The predicted octanol–water partition coefficient (Wildman–Crippen LogP) is 6.04. The topological polar surface area (TPSA) is 99.6 Å². The van der Waals surface area contributed by atoms with Crippen LogP contribution in [0.1, 0.15) is 43.1 Å². The van der Waals surface area contributed by atoms with Crippen LogP contribution in [0.2, 0.25) is 0 Å². The average molecular weight is 535 g/mol. The van der Waals surface area contributed by atoms with Crippen molar-refractivity contribution in [1.82, 2.24) is 9.66 Å². The SMILES string of the molecule is CC[C@@H](C)c1nc2ccc(Br)cc2c(=O)n1N=Cc1ccc(OCc2ccccc2)c([N+](=O)[O-])c1. The van der Waals surface area contributed by atoms with Gasteiger partial charge < -0.3 is 4.74 Å². The zero-order valence-corrected chi connectivity index (χ0v) is 20.8. The number of aromatic nitrogens is 2. The van der Waals surface area contributed by atoms with Gasteiger partial charge in [0.2, 0.25) is 0 Å². The van der Waals surface area contributed by atoms with Gasteiger partial charge in [-0.2, -0.15) is 9.78 Å². The molecule has 0 spiro atoms. The molecule has 0 aliphatic carbocycles. The Hall–Kier alpha value is -3.85. The summed E-state index contributed by atoms with van der Waals surface area (Å²) in [7, 11) is 0. The summed E-state index contributed by atoms with van der Waals surface area (Å²) in [5.74, 6) is 0.669. The van der Waals surface area contributed by atoms with Crippen molar-refractivity contribution in [3.05, 3.63) is 109 Å². The third kappa shape index (κ3) is 5.46. The molecule has 1 aromatic heterocycles. The molecule has 1 heterocycles. The molecule has 4 aromatic rings. The first-order valence-corrected chi connectivity index (χ1v) is 11.9. The second-order valence-electron chi connectivity index (χ2n) is 8.06. The average Bonchev–Trinajstić information content (AvgIpc) is 2.87. The van der Waals surface area contributed by atoms with Crippen LogP contribution in [0.3, 0.4) is 0 Å². The van der Waals surface area contributed by atoms with Gasteiger partial charge in [0.05, 0.1) is 22.0 Å². The first-order chi connectivity index (χ1) is 16.9. The number of hydrogen-bond donors (Lipinski definition) is 0. The van der Waals surface area contributed by atoms with Gasteiger partial charge in [0.25, 0.3) is 5.56 Å². The summed E-state index contributed by atoms with van der Waals surface area (Å²) in [6.07, 6.45) is 2.19. The quantitative estimate of drug-likeness (QED) is 0.156. The Kier molecular flexibility index (Phi) is 7.36. The van der Waals surface area contributed by atoms with Crippen LogP contribution < -0.4 is 10.3 Å². The van der Waals surface area contributed by atoms with Crippen LogP contribution in [0, 0.1) is 10.1 Å². The van der Waals surface area contributed by atoms with Gasteiger partial charge in [-0.05, 0) is 42.3 Å².